The van der Waals surface area contributed by atoms with E-state index in [1.165, 1.54) is 22.0 Å². The van der Waals surface area contributed by atoms with Gasteiger partial charge in [-0.3, -0.25) is 4.79 Å². The first-order valence-electron chi connectivity index (χ1n) is 8.57. The molecule has 0 atom stereocenters. The Balaban J connectivity index is 1.53. The Morgan fingerprint density at radius 3 is 2.71 bits per heavy atom. The molecule has 1 aromatic heterocycles. The monoisotopic (exact) mass is 395 g/mol. The average Bonchev–Trinajstić information content (AvgIpc) is 3.04. The predicted molar refractivity (Wildman–Crippen MR) is 113 cm³/mol. The molecule has 1 heterocycles. The molecule has 0 aliphatic carbocycles. The molecule has 3 aromatic rings. The van der Waals surface area contributed by atoms with Crippen LogP contribution in [0, 0.1) is 13.8 Å². The molecule has 0 saturated carbocycles. The van der Waals surface area contributed by atoms with Gasteiger partial charge in [-0.1, -0.05) is 48.2 Å². The molecule has 28 heavy (non-hydrogen) atoms. The lowest BCUT2D eigenvalue weighted by Crippen LogP contribution is -2.17. The largest absolute Gasteiger partial charge is 0.334 e. The van der Waals surface area contributed by atoms with Crippen LogP contribution in [0.5, 0.6) is 0 Å². The minimum absolute atomic E-state index is 0.145. The van der Waals surface area contributed by atoms with Gasteiger partial charge in [-0.15, -0.1) is 10.2 Å². The lowest BCUT2D eigenvalue weighted by molar-refractivity contribution is -0.113. The zero-order chi connectivity index (χ0) is 19.9. The van der Waals surface area contributed by atoms with Crippen LogP contribution in [0.1, 0.15) is 16.7 Å². The quantitative estimate of drug-likeness (QED) is 0.246. The number of carbonyl (C=O) groups excluding carboxylic acids is 1. The van der Waals surface area contributed by atoms with E-state index in [2.05, 4.69) is 26.0 Å². The summed E-state index contributed by atoms with van der Waals surface area (Å²) < 4.78 is 1.26. The number of thioether (sulfide) groups is 1. The standard InChI is InChI=1S/C19H21N7OS/c1-13-8-9-16(10-14(13)2)22-17(27)12-28-19-25-24-18(26(19)20)23-21-11-15-6-4-3-5-7-15/h3-11H,12,20H2,1-2H3,(H,22,27)(H,23,24)/b21-11+. The number of nitrogens with one attached hydrogen (secondary N) is 2. The lowest BCUT2D eigenvalue weighted by atomic mass is 10.1. The highest BCUT2D eigenvalue weighted by Gasteiger charge is 2.12. The van der Waals surface area contributed by atoms with E-state index in [1.807, 2.05) is 62.4 Å². The van der Waals surface area contributed by atoms with E-state index in [4.69, 9.17) is 5.84 Å². The minimum Gasteiger partial charge on any atom is -0.334 e. The molecule has 0 fully saturated rings. The molecule has 3 rings (SSSR count). The maximum Gasteiger partial charge on any atom is 0.264 e. The molecule has 0 radical (unpaired) electrons. The maximum absolute atomic E-state index is 12.2. The number of amides is 1. The Morgan fingerprint density at radius 1 is 1.18 bits per heavy atom. The van der Waals surface area contributed by atoms with Gasteiger partial charge in [-0.25, -0.2) is 10.1 Å². The number of aromatic nitrogens is 3. The summed E-state index contributed by atoms with van der Waals surface area (Å²) in [5, 5.41) is 15.3. The Kier molecular flexibility index (Phi) is 6.28. The van der Waals surface area contributed by atoms with E-state index >= 15 is 0 Å². The molecule has 0 bridgehead atoms. The number of hydrazone groups is 1. The molecule has 0 spiro atoms. The maximum atomic E-state index is 12.2. The van der Waals surface area contributed by atoms with Crippen molar-refractivity contribution in [2.75, 3.05) is 22.3 Å². The second-order valence-electron chi connectivity index (χ2n) is 6.09. The van der Waals surface area contributed by atoms with Crippen molar-refractivity contribution in [2.24, 2.45) is 5.10 Å². The van der Waals surface area contributed by atoms with Gasteiger partial charge in [0.05, 0.1) is 12.0 Å². The molecule has 0 saturated heterocycles. The number of anilines is 2. The first-order valence-corrected chi connectivity index (χ1v) is 9.56. The Labute approximate surface area is 167 Å². The van der Waals surface area contributed by atoms with Crippen molar-refractivity contribution in [3.63, 3.8) is 0 Å². The summed E-state index contributed by atoms with van der Waals surface area (Å²) in [6, 6.07) is 15.4. The van der Waals surface area contributed by atoms with E-state index in [9.17, 15) is 4.79 Å². The van der Waals surface area contributed by atoms with Gasteiger partial charge in [0.15, 0.2) is 0 Å². The topological polar surface area (TPSA) is 110 Å². The summed E-state index contributed by atoms with van der Waals surface area (Å²) in [7, 11) is 0. The van der Waals surface area contributed by atoms with E-state index in [-0.39, 0.29) is 17.6 Å². The number of nitrogen functional groups attached to an aromatic ring is 1. The minimum atomic E-state index is -0.145. The number of nitrogens with zero attached hydrogens (tertiary/aromatic N) is 4. The zero-order valence-corrected chi connectivity index (χ0v) is 16.4. The number of hydrogen-bond acceptors (Lipinski definition) is 7. The summed E-state index contributed by atoms with van der Waals surface area (Å²) >= 11 is 1.19. The van der Waals surface area contributed by atoms with Crippen LogP contribution in [0.3, 0.4) is 0 Å². The normalized spacial score (nSPS) is 10.9. The average molecular weight is 395 g/mol. The van der Waals surface area contributed by atoms with Crippen molar-refractivity contribution < 1.29 is 4.79 Å². The van der Waals surface area contributed by atoms with E-state index in [1.54, 1.807) is 6.21 Å². The summed E-state index contributed by atoms with van der Waals surface area (Å²) in [5.74, 6) is 6.26. The van der Waals surface area contributed by atoms with Crippen LogP contribution in [0.2, 0.25) is 0 Å². The SMILES string of the molecule is Cc1ccc(NC(=O)CSc2nnc(N/N=C/c3ccccc3)n2N)cc1C. The Bertz CT molecular complexity index is 985. The van der Waals surface area contributed by atoms with Crippen LogP contribution in [0.25, 0.3) is 0 Å². The molecule has 2 aromatic carbocycles. The summed E-state index contributed by atoms with van der Waals surface area (Å²) in [4.78, 5) is 12.2. The fraction of sp³-hybridized carbons (Fsp3) is 0.158. The van der Waals surface area contributed by atoms with Crippen molar-refractivity contribution in [3.8, 4) is 0 Å². The van der Waals surface area contributed by atoms with Crippen LogP contribution in [0.4, 0.5) is 11.6 Å². The lowest BCUT2D eigenvalue weighted by Gasteiger charge is -2.07. The highest BCUT2D eigenvalue weighted by Crippen LogP contribution is 2.18. The van der Waals surface area contributed by atoms with E-state index < -0.39 is 0 Å². The molecule has 1 amide bonds. The van der Waals surface area contributed by atoms with Crippen molar-refractivity contribution in [2.45, 2.75) is 19.0 Å². The van der Waals surface area contributed by atoms with E-state index in [0.717, 1.165) is 16.8 Å². The molecule has 144 valence electrons. The van der Waals surface area contributed by atoms with Gasteiger partial charge in [0, 0.05) is 5.69 Å². The van der Waals surface area contributed by atoms with Crippen molar-refractivity contribution in [1.29, 1.82) is 0 Å². The van der Waals surface area contributed by atoms with Gasteiger partial charge in [0.25, 0.3) is 5.95 Å². The summed E-state index contributed by atoms with van der Waals surface area (Å²) in [6.45, 7) is 4.03. The van der Waals surface area contributed by atoms with Gasteiger partial charge in [-0.05, 0) is 42.7 Å². The second kappa shape index (κ2) is 9.05. The fourth-order valence-corrected chi connectivity index (χ4v) is 2.96. The highest BCUT2D eigenvalue weighted by atomic mass is 32.2. The van der Waals surface area contributed by atoms with Gasteiger partial charge in [0.2, 0.25) is 11.1 Å². The third-order valence-electron chi connectivity index (χ3n) is 3.97. The molecular formula is C19H21N7OS. The third kappa shape index (κ3) is 5.10. The molecule has 4 N–H and O–H groups in total. The zero-order valence-electron chi connectivity index (χ0n) is 15.6. The van der Waals surface area contributed by atoms with Crippen LogP contribution in [-0.4, -0.2) is 32.7 Å². The van der Waals surface area contributed by atoms with Crippen LogP contribution >= 0.6 is 11.8 Å². The van der Waals surface area contributed by atoms with E-state index in [0.29, 0.717) is 5.16 Å². The fourth-order valence-electron chi connectivity index (χ4n) is 2.30. The number of hydrogen-bond donors (Lipinski definition) is 3. The summed E-state index contributed by atoms with van der Waals surface area (Å²) in [5.41, 5.74) is 6.75. The van der Waals surface area contributed by atoms with Gasteiger partial charge in [0.1, 0.15) is 0 Å². The van der Waals surface area contributed by atoms with Crippen molar-refractivity contribution >= 4 is 35.5 Å². The smallest absolute Gasteiger partial charge is 0.264 e. The van der Waals surface area contributed by atoms with Gasteiger partial charge >= 0.3 is 0 Å². The molecule has 0 aliphatic heterocycles. The van der Waals surface area contributed by atoms with Gasteiger partial charge in [-0.2, -0.15) is 5.10 Å². The van der Waals surface area contributed by atoms with Crippen LogP contribution in [-0.2, 0) is 4.79 Å². The van der Waals surface area contributed by atoms with Crippen molar-refractivity contribution in [1.82, 2.24) is 14.9 Å². The molecule has 8 nitrogen and oxygen atoms in total. The predicted octanol–water partition coefficient (Wildman–Crippen LogP) is 2.79. The number of rotatable bonds is 7. The van der Waals surface area contributed by atoms with Crippen molar-refractivity contribution in [3.05, 3.63) is 65.2 Å². The number of carbonyl (C=O) groups is 1. The molecular weight excluding hydrogens is 374 g/mol. The number of benzene rings is 2. The Hall–Kier alpha value is -3.33. The van der Waals surface area contributed by atoms with Crippen LogP contribution in [0.15, 0.2) is 58.8 Å². The van der Waals surface area contributed by atoms with Crippen LogP contribution < -0.4 is 16.6 Å². The first-order chi connectivity index (χ1) is 13.5. The highest BCUT2D eigenvalue weighted by molar-refractivity contribution is 7.99. The number of aryl methyl sites for hydroxylation is 2. The molecule has 9 heteroatoms. The van der Waals surface area contributed by atoms with Gasteiger partial charge < -0.3 is 11.2 Å². The number of nitrogens with two attached hydrogens (primary N) is 1. The third-order valence-corrected chi connectivity index (χ3v) is 4.91. The molecule has 0 aliphatic rings. The second-order valence-corrected chi connectivity index (χ2v) is 7.04. The Morgan fingerprint density at radius 2 is 1.96 bits per heavy atom. The first kappa shape index (κ1) is 19.4. The molecule has 0 unspecified atom stereocenters. The summed E-state index contributed by atoms with van der Waals surface area (Å²) in [6.07, 6.45) is 1.65.